The normalized spacial score (nSPS) is 9.81. The summed E-state index contributed by atoms with van der Waals surface area (Å²) in [6.45, 7) is 0. The average molecular weight is 249 g/mol. The molecule has 0 radical (unpaired) electrons. The number of pyridine rings is 1. The zero-order valence-corrected chi connectivity index (χ0v) is 9.63. The summed E-state index contributed by atoms with van der Waals surface area (Å²) in [4.78, 5) is 3.97. The molecule has 1 aromatic carbocycles. The van der Waals surface area contributed by atoms with E-state index in [-0.39, 0.29) is 0 Å². The first-order chi connectivity index (χ1) is 7.72. The number of hydrogen-bond acceptors (Lipinski definition) is 2. The first kappa shape index (κ1) is 10.9. The van der Waals surface area contributed by atoms with E-state index < -0.39 is 0 Å². The Morgan fingerprint density at radius 1 is 1.12 bits per heavy atom. The lowest BCUT2D eigenvalue weighted by atomic mass is 10.1. The van der Waals surface area contributed by atoms with Crippen LogP contribution in [0, 0.1) is 11.3 Å². The molecule has 0 saturated heterocycles. The quantitative estimate of drug-likeness (QED) is 0.767. The maximum absolute atomic E-state index is 8.79. The zero-order valence-electron chi connectivity index (χ0n) is 8.11. The molecule has 0 atom stereocenters. The van der Waals surface area contributed by atoms with E-state index in [0.29, 0.717) is 21.2 Å². The molecule has 16 heavy (non-hydrogen) atoms. The van der Waals surface area contributed by atoms with Gasteiger partial charge in [0.05, 0.1) is 5.56 Å². The van der Waals surface area contributed by atoms with Gasteiger partial charge in [-0.15, -0.1) is 0 Å². The van der Waals surface area contributed by atoms with Gasteiger partial charge in [-0.05, 0) is 18.2 Å². The van der Waals surface area contributed by atoms with Crippen LogP contribution in [0.1, 0.15) is 5.56 Å². The molecule has 0 bridgehead atoms. The van der Waals surface area contributed by atoms with Crippen molar-refractivity contribution in [3.05, 3.63) is 52.3 Å². The van der Waals surface area contributed by atoms with Gasteiger partial charge in [0, 0.05) is 33.6 Å². The Bertz CT molecular complexity index is 553. The molecule has 0 aliphatic rings. The third-order valence-electron chi connectivity index (χ3n) is 2.12. The van der Waals surface area contributed by atoms with E-state index in [1.165, 1.54) is 6.20 Å². The highest BCUT2D eigenvalue weighted by molar-refractivity contribution is 6.39. The molecule has 4 heteroatoms. The summed E-state index contributed by atoms with van der Waals surface area (Å²) >= 11 is 12.1. The predicted octanol–water partition coefficient (Wildman–Crippen LogP) is 3.93. The Kier molecular flexibility index (Phi) is 3.09. The third-order valence-corrected chi connectivity index (χ3v) is 2.75. The van der Waals surface area contributed by atoms with Gasteiger partial charge in [0.25, 0.3) is 0 Å². The van der Waals surface area contributed by atoms with Gasteiger partial charge in [0.2, 0.25) is 0 Å². The Hall–Kier alpha value is -1.56. The SMILES string of the molecule is N#Cc1cncc(-c2c(Cl)cccc2Cl)c1. The van der Waals surface area contributed by atoms with Crippen molar-refractivity contribution in [1.29, 1.82) is 5.26 Å². The van der Waals surface area contributed by atoms with Crippen LogP contribution in [0.5, 0.6) is 0 Å². The molecule has 2 rings (SSSR count). The minimum Gasteiger partial charge on any atom is -0.263 e. The van der Waals surface area contributed by atoms with Gasteiger partial charge in [0.15, 0.2) is 0 Å². The molecule has 0 aliphatic heterocycles. The summed E-state index contributed by atoms with van der Waals surface area (Å²) in [5.74, 6) is 0. The predicted molar refractivity (Wildman–Crippen MR) is 64.4 cm³/mol. The molecule has 1 aromatic heterocycles. The molecular formula is C12H6Cl2N2. The van der Waals surface area contributed by atoms with Gasteiger partial charge in [-0.3, -0.25) is 4.98 Å². The molecule has 78 valence electrons. The molecule has 0 aliphatic carbocycles. The average Bonchev–Trinajstić information content (AvgIpc) is 2.29. The molecule has 0 saturated carbocycles. The van der Waals surface area contributed by atoms with Crippen LogP contribution in [0.15, 0.2) is 36.7 Å². The Morgan fingerprint density at radius 3 is 2.44 bits per heavy atom. The van der Waals surface area contributed by atoms with Gasteiger partial charge in [0.1, 0.15) is 6.07 Å². The summed E-state index contributed by atoms with van der Waals surface area (Å²) in [6, 6.07) is 9.01. The van der Waals surface area contributed by atoms with E-state index in [2.05, 4.69) is 4.98 Å². The lowest BCUT2D eigenvalue weighted by molar-refractivity contribution is 1.30. The van der Waals surface area contributed by atoms with Crippen molar-refractivity contribution in [1.82, 2.24) is 4.98 Å². The maximum Gasteiger partial charge on any atom is 0.101 e. The number of halogens is 2. The number of hydrogen-bond donors (Lipinski definition) is 0. The molecule has 0 spiro atoms. The van der Waals surface area contributed by atoms with Gasteiger partial charge >= 0.3 is 0 Å². The molecular weight excluding hydrogens is 243 g/mol. The molecule has 1 heterocycles. The van der Waals surface area contributed by atoms with Crippen molar-refractivity contribution in [3.8, 4) is 17.2 Å². The van der Waals surface area contributed by atoms with Crippen LogP contribution in [-0.4, -0.2) is 4.98 Å². The van der Waals surface area contributed by atoms with Gasteiger partial charge < -0.3 is 0 Å². The van der Waals surface area contributed by atoms with Crippen molar-refractivity contribution < 1.29 is 0 Å². The van der Waals surface area contributed by atoms with Crippen molar-refractivity contribution in [2.75, 3.05) is 0 Å². The summed E-state index contributed by atoms with van der Waals surface area (Å²) in [7, 11) is 0. The van der Waals surface area contributed by atoms with Crippen LogP contribution in [0.2, 0.25) is 10.0 Å². The molecule has 0 unspecified atom stereocenters. The Morgan fingerprint density at radius 2 is 1.81 bits per heavy atom. The number of benzene rings is 1. The van der Waals surface area contributed by atoms with Gasteiger partial charge in [-0.1, -0.05) is 29.3 Å². The highest BCUT2D eigenvalue weighted by Crippen LogP contribution is 2.34. The zero-order chi connectivity index (χ0) is 11.5. The summed E-state index contributed by atoms with van der Waals surface area (Å²) < 4.78 is 0. The van der Waals surface area contributed by atoms with E-state index in [4.69, 9.17) is 28.5 Å². The molecule has 0 amide bonds. The van der Waals surface area contributed by atoms with Crippen molar-refractivity contribution in [2.24, 2.45) is 0 Å². The van der Waals surface area contributed by atoms with E-state index in [1.54, 1.807) is 30.5 Å². The largest absolute Gasteiger partial charge is 0.263 e. The van der Waals surface area contributed by atoms with E-state index >= 15 is 0 Å². The maximum atomic E-state index is 8.79. The number of nitriles is 1. The minimum atomic E-state index is 0.480. The Balaban J connectivity index is 2.64. The minimum absolute atomic E-state index is 0.480. The van der Waals surface area contributed by atoms with E-state index in [0.717, 1.165) is 5.56 Å². The topological polar surface area (TPSA) is 36.7 Å². The second kappa shape index (κ2) is 4.52. The fourth-order valence-electron chi connectivity index (χ4n) is 1.41. The highest BCUT2D eigenvalue weighted by Gasteiger charge is 2.08. The van der Waals surface area contributed by atoms with Crippen LogP contribution in [-0.2, 0) is 0 Å². The lowest BCUT2D eigenvalue weighted by Crippen LogP contribution is -1.85. The smallest absolute Gasteiger partial charge is 0.101 e. The molecule has 2 nitrogen and oxygen atoms in total. The monoisotopic (exact) mass is 248 g/mol. The third kappa shape index (κ3) is 2.01. The van der Waals surface area contributed by atoms with E-state index in [9.17, 15) is 0 Å². The fraction of sp³-hybridized carbons (Fsp3) is 0. The van der Waals surface area contributed by atoms with Crippen molar-refractivity contribution in [3.63, 3.8) is 0 Å². The molecule has 0 fully saturated rings. The summed E-state index contributed by atoms with van der Waals surface area (Å²) in [6.07, 6.45) is 3.13. The second-order valence-electron chi connectivity index (χ2n) is 3.17. The lowest BCUT2D eigenvalue weighted by Gasteiger charge is -2.06. The summed E-state index contributed by atoms with van der Waals surface area (Å²) in [5.41, 5.74) is 1.93. The van der Waals surface area contributed by atoms with Crippen LogP contribution in [0.4, 0.5) is 0 Å². The molecule has 2 aromatic rings. The van der Waals surface area contributed by atoms with Gasteiger partial charge in [-0.2, -0.15) is 5.26 Å². The van der Waals surface area contributed by atoms with Crippen LogP contribution in [0.25, 0.3) is 11.1 Å². The van der Waals surface area contributed by atoms with Crippen LogP contribution in [0.3, 0.4) is 0 Å². The summed E-state index contributed by atoms with van der Waals surface area (Å²) in [5, 5.41) is 9.88. The first-order valence-corrected chi connectivity index (χ1v) is 5.27. The Labute approximate surface area is 103 Å². The molecule has 0 N–H and O–H groups in total. The van der Waals surface area contributed by atoms with Crippen LogP contribution < -0.4 is 0 Å². The van der Waals surface area contributed by atoms with Crippen molar-refractivity contribution in [2.45, 2.75) is 0 Å². The standard InChI is InChI=1S/C12H6Cl2N2/c13-10-2-1-3-11(14)12(10)9-4-8(5-15)6-16-7-9/h1-4,6-7H. The first-order valence-electron chi connectivity index (χ1n) is 4.52. The second-order valence-corrected chi connectivity index (χ2v) is 3.99. The van der Waals surface area contributed by atoms with Crippen LogP contribution >= 0.6 is 23.2 Å². The number of nitrogens with zero attached hydrogens (tertiary/aromatic N) is 2. The number of rotatable bonds is 1. The van der Waals surface area contributed by atoms with Gasteiger partial charge in [-0.25, -0.2) is 0 Å². The highest BCUT2D eigenvalue weighted by atomic mass is 35.5. The van der Waals surface area contributed by atoms with E-state index in [1.807, 2.05) is 6.07 Å². The number of aromatic nitrogens is 1. The van der Waals surface area contributed by atoms with Crippen molar-refractivity contribution >= 4 is 23.2 Å². The fourth-order valence-corrected chi connectivity index (χ4v) is 2.03.